The molecule has 5 heteroatoms. The number of hydrogen-bond acceptors (Lipinski definition) is 4. The fourth-order valence-electron chi connectivity index (χ4n) is 2.65. The molecule has 2 aromatic rings. The number of amides is 1. The molecule has 0 bridgehead atoms. The van der Waals surface area contributed by atoms with E-state index in [0.29, 0.717) is 5.82 Å². The first-order valence-electron chi connectivity index (χ1n) is 6.85. The van der Waals surface area contributed by atoms with Crippen LogP contribution in [0.3, 0.4) is 0 Å². The summed E-state index contributed by atoms with van der Waals surface area (Å²) in [5.74, 6) is -1.06. The highest BCUT2D eigenvalue weighted by molar-refractivity contribution is 6.15. The number of Topliss-reactive ketones (excluding diaryl/α,β-unsaturated/α-hetero) is 1. The molecule has 0 aliphatic carbocycles. The lowest BCUT2D eigenvalue weighted by atomic mass is 9.97. The Morgan fingerprint density at radius 1 is 1.14 bits per heavy atom. The molecule has 3 rings (SSSR count). The lowest BCUT2D eigenvalue weighted by Crippen LogP contribution is -2.31. The Balaban J connectivity index is 2.18. The molecule has 0 saturated carbocycles. The summed E-state index contributed by atoms with van der Waals surface area (Å²) in [6.07, 6.45) is 1.56. The molecule has 0 saturated heterocycles. The van der Waals surface area contributed by atoms with E-state index in [4.69, 9.17) is 0 Å². The number of aliphatic hydroxyl groups is 1. The maximum atomic E-state index is 12.4. The van der Waals surface area contributed by atoms with Gasteiger partial charge in [-0.15, -0.1) is 0 Å². The van der Waals surface area contributed by atoms with Crippen LogP contribution in [0.4, 0.5) is 5.82 Å². The van der Waals surface area contributed by atoms with Gasteiger partial charge in [-0.2, -0.15) is 0 Å². The van der Waals surface area contributed by atoms with Gasteiger partial charge >= 0.3 is 0 Å². The van der Waals surface area contributed by atoms with Gasteiger partial charge in [-0.25, -0.2) is 4.98 Å². The third-order valence-electron chi connectivity index (χ3n) is 3.60. The quantitative estimate of drug-likeness (QED) is 0.944. The third kappa shape index (κ3) is 2.16. The van der Waals surface area contributed by atoms with Crippen molar-refractivity contribution in [1.29, 1.82) is 0 Å². The van der Waals surface area contributed by atoms with Gasteiger partial charge in [0.2, 0.25) is 0 Å². The number of carbonyl (C=O) groups is 2. The van der Waals surface area contributed by atoms with E-state index < -0.39 is 17.7 Å². The smallest absolute Gasteiger partial charge is 0.295 e. The molecule has 1 aliphatic heterocycles. The zero-order chi connectivity index (χ0) is 15.7. The molecule has 1 aromatic heterocycles. The number of aromatic nitrogens is 1. The SMILES string of the molecule is CC(=O)C1=C(O)C(=O)N(c2ccccn2)C1c1ccccc1. The Hall–Kier alpha value is -2.95. The van der Waals surface area contributed by atoms with E-state index in [9.17, 15) is 14.7 Å². The number of pyridine rings is 1. The maximum Gasteiger partial charge on any atom is 0.295 e. The second-order valence-corrected chi connectivity index (χ2v) is 4.99. The average Bonchev–Trinajstić information content (AvgIpc) is 2.81. The van der Waals surface area contributed by atoms with Crippen LogP contribution in [0, 0.1) is 0 Å². The number of carbonyl (C=O) groups excluding carboxylic acids is 2. The van der Waals surface area contributed by atoms with Crippen LogP contribution in [0.1, 0.15) is 18.5 Å². The first kappa shape index (κ1) is 14.0. The van der Waals surface area contributed by atoms with Gasteiger partial charge in [-0.3, -0.25) is 14.5 Å². The predicted octanol–water partition coefficient (Wildman–Crippen LogP) is 2.57. The lowest BCUT2D eigenvalue weighted by Gasteiger charge is -2.25. The summed E-state index contributed by atoms with van der Waals surface area (Å²) in [4.78, 5) is 29.9. The average molecular weight is 294 g/mol. The molecule has 22 heavy (non-hydrogen) atoms. The van der Waals surface area contributed by atoms with Crippen molar-refractivity contribution in [1.82, 2.24) is 4.98 Å². The molecule has 2 heterocycles. The number of aliphatic hydroxyl groups excluding tert-OH is 1. The van der Waals surface area contributed by atoms with Crippen LogP contribution in [0.5, 0.6) is 0 Å². The van der Waals surface area contributed by atoms with Crippen LogP contribution in [-0.2, 0) is 9.59 Å². The van der Waals surface area contributed by atoms with Gasteiger partial charge in [0.1, 0.15) is 5.82 Å². The molecular weight excluding hydrogens is 280 g/mol. The predicted molar refractivity (Wildman–Crippen MR) is 81.2 cm³/mol. The summed E-state index contributed by atoms with van der Waals surface area (Å²) < 4.78 is 0. The summed E-state index contributed by atoms with van der Waals surface area (Å²) in [6.45, 7) is 1.34. The Morgan fingerprint density at radius 2 is 1.82 bits per heavy atom. The largest absolute Gasteiger partial charge is 0.503 e. The number of rotatable bonds is 3. The van der Waals surface area contributed by atoms with Crippen molar-refractivity contribution in [3.63, 3.8) is 0 Å². The minimum Gasteiger partial charge on any atom is -0.503 e. The van der Waals surface area contributed by atoms with Crippen LogP contribution in [0.15, 0.2) is 66.1 Å². The molecule has 1 N–H and O–H groups in total. The van der Waals surface area contributed by atoms with Crippen molar-refractivity contribution in [2.75, 3.05) is 4.90 Å². The van der Waals surface area contributed by atoms with Crippen LogP contribution in [0.2, 0.25) is 0 Å². The summed E-state index contributed by atoms with van der Waals surface area (Å²) in [5, 5.41) is 10.1. The molecular formula is C17H14N2O3. The zero-order valence-corrected chi connectivity index (χ0v) is 11.9. The maximum absolute atomic E-state index is 12.4. The molecule has 5 nitrogen and oxygen atoms in total. The topological polar surface area (TPSA) is 70.5 Å². The van der Waals surface area contributed by atoms with Crippen molar-refractivity contribution in [2.45, 2.75) is 13.0 Å². The normalized spacial score (nSPS) is 18.0. The lowest BCUT2D eigenvalue weighted by molar-refractivity contribution is -0.117. The second kappa shape index (κ2) is 5.44. The van der Waals surface area contributed by atoms with Crippen molar-refractivity contribution in [3.8, 4) is 0 Å². The fourth-order valence-corrected chi connectivity index (χ4v) is 2.65. The first-order valence-corrected chi connectivity index (χ1v) is 6.85. The molecule has 1 aliphatic rings. The highest BCUT2D eigenvalue weighted by Gasteiger charge is 2.43. The van der Waals surface area contributed by atoms with Crippen molar-refractivity contribution < 1.29 is 14.7 Å². The van der Waals surface area contributed by atoms with Crippen LogP contribution in [-0.4, -0.2) is 21.8 Å². The van der Waals surface area contributed by atoms with E-state index in [1.807, 2.05) is 30.3 Å². The fraction of sp³-hybridized carbons (Fsp3) is 0.118. The minimum absolute atomic E-state index is 0.0989. The van der Waals surface area contributed by atoms with Crippen LogP contribution in [0.25, 0.3) is 0 Å². The standard InChI is InChI=1S/C17H14N2O3/c1-11(20)14-15(12-7-3-2-4-8-12)19(17(22)16(14)21)13-9-5-6-10-18-13/h2-10,15,21H,1H3. The van der Waals surface area contributed by atoms with Gasteiger partial charge in [0.25, 0.3) is 5.91 Å². The van der Waals surface area contributed by atoms with Crippen LogP contribution >= 0.6 is 0 Å². The van der Waals surface area contributed by atoms with Gasteiger partial charge in [0, 0.05) is 6.20 Å². The molecule has 0 spiro atoms. The minimum atomic E-state index is -0.666. The molecule has 0 fully saturated rings. The molecule has 0 radical (unpaired) electrons. The zero-order valence-electron chi connectivity index (χ0n) is 11.9. The Labute approximate surface area is 127 Å². The Bertz CT molecular complexity index is 754. The first-order chi connectivity index (χ1) is 10.6. The van der Waals surface area contributed by atoms with Crippen LogP contribution < -0.4 is 4.90 Å². The highest BCUT2D eigenvalue weighted by atomic mass is 16.3. The Kier molecular flexibility index (Phi) is 3.47. The number of benzene rings is 1. The van der Waals surface area contributed by atoms with Gasteiger partial charge < -0.3 is 5.11 Å². The van der Waals surface area contributed by atoms with E-state index >= 15 is 0 Å². The summed E-state index contributed by atoms with van der Waals surface area (Å²) in [7, 11) is 0. The summed E-state index contributed by atoms with van der Waals surface area (Å²) in [6, 6.07) is 13.6. The van der Waals surface area contributed by atoms with Gasteiger partial charge in [0.05, 0.1) is 11.6 Å². The molecule has 1 unspecified atom stereocenters. The number of nitrogens with zero attached hydrogens (tertiary/aromatic N) is 2. The number of hydrogen-bond donors (Lipinski definition) is 1. The summed E-state index contributed by atoms with van der Waals surface area (Å²) in [5.41, 5.74) is 0.845. The molecule has 1 amide bonds. The molecule has 1 atom stereocenters. The van der Waals surface area contributed by atoms with E-state index in [2.05, 4.69) is 4.98 Å². The number of anilines is 1. The Morgan fingerprint density at radius 3 is 2.41 bits per heavy atom. The van der Waals surface area contributed by atoms with E-state index in [1.54, 1.807) is 24.4 Å². The highest BCUT2D eigenvalue weighted by Crippen LogP contribution is 2.39. The van der Waals surface area contributed by atoms with Crippen molar-refractivity contribution >= 4 is 17.5 Å². The van der Waals surface area contributed by atoms with Gasteiger partial charge in [-0.05, 0) is 24.6 Å². The monoisotopic (exact) mass is 294 g/mol. The van der Waals surface area contributed by atoms with Gasteiger partial charge in [-0.1, -0.05) is 36.4 Å². The third-order valence-corrected chi connectivity index (χ3v) is 3.60. The van der Waals surface area contributed by atoms with E-state index in [-0.39, 0.29) is 11.4 Å². The van der Waals surface area contributed by atoms with E-state index in [1.165, 1.54) is 11.8 Å². The second-order valence-electron chi connectivity index (χ2n) is 4.99. The molecule has 110 valence electrons. The van der Waals surface area contributed by atoms with Crippen molar-refractivity contribution in [3.05, 3.63) is 71.6 Å². The number of ketones is 1. The van der Waals surface area contributed by atoms with Crippen molar-refractivity contribution in [2.24, 2.45) is 0 Å². The van der Waals surface area contributed by atoms with Gasteiger partial charge in [0.15, 0.2) is 11.5 Å². The summed E-state index contributed by atoms with van der Waals surface area (Å²) >= 11 is 0. The molecule has 1 aromatic carbocycles. The van der Waals surface area contributed by atoms with E-state index in [0.717, 1.165) is 5.56 Å².